The van der Waals surface area contributed by atoms with Gasteiger partial charge in [0.15, 0.2) is 6.10 Å². The van der Waals surface area contributed by atoms with Gasteiger partial charge in [0.2, 0.25) is 0 Å². The number of allylic oxidation sites excluding steroid dienone is 28. The Labute approximate surface area is 498 Å². The Morgan fingerprint density at radius 1 is 0.259 bits per heavy atom. The fourth-order valence-corrected chi connectivity index (χ4v) is 8.40. The molecule has 0 aliphatic carbocycles. The predicted octanol–water partition coefficient (Wildman–Crippen LogP) is 22.7. The summed E-state index contributed by atoms with van der Waals surface area (Å²) in [7, 11) is 0. The zero-order chi connectivity index (χ0) is 58.5. The summed E-state index contributed by atoms with van der Waals surface area (Å²) >= 11 is 0. The highest BCUT2D eigenvalue weighted by molar-refractivity contribution is 5.71. The van der Waals surface area contributed by atoms with Crippen molar-refractivity contribution < 1.29 is 28.6 Å². The molecule has 0 aliphatic rings. The lowest BCUT2D eigenvalue weighted by molar-refractivity contribution is -0.167. The molecule has 1 unspecified atom stereocenters. The summed E-state index contributed by atoms with van der Waals surface area (Å²) in [5.41, 5.74) is 0. The zero-order valence-electron chi connectivity index (χ0n) is 52.0. The number of rotatable bonds is 57. The van der Waals surface area contributed by atoms with Gasteiger partial charge in [0.25, 0.3) is 0 Å². The Kier molecular flexibility index (Phi) is 62.9. The first kappa shape index (κ1) is 75.8. The minimum absolute atomic E-state index is 0.0992. The van der Waals surface area contributed by atoms with Gasteiger partial charge in [0.05, 0.1) is 0 Å². The third kappa shape index (κ3) is 65.5. The number of unbranched alkanes of at least 4 members (excludes halogenated alkanes) is 18. The van der Waals surface area contributed by atoms with Crippen LogP contribution >= 0.6 is 0 Å². The number of esters is 3. The van der Waals surface area contributed by atoms with E-state index in [1.54, 1.807) is 0 Å². The summed E-state index contributed by atoms with van der Waals surface area (Å²) in [4.78, 5) is 37.9. The van der Waals surface area contributed by atoms with Crippen molar-refractivity contribution in [2.75, 3.05) is 13.2 Å². The van der Waals surface area contributed by atoms with Crippen molar-refractivity contribution in [1.82, 2.24) is 0 Å². The smallest absolute Gasteiger partial charge is 0.306 e. The molecule has 6 nitrogen and oxygen atoms in total. The largest absolute Gasteiger partial charge is 0.462 e. The number of hydrogen-bond donors (Lipinski definition) is 0. The van der Waals surface area contributed by atoms with Crippen molar-refractivity contribution in [3.05, 3.63) is 170 Å². The molecule has 0 aromatic heterocycles. The maximum Gasteiger partial charge on any atom is 0.306 e. The van der Waals surface area contributed by atoms with Crippen molar-refractivity contribution in [1.29, 1.82) is 0 Å². The third-order valence-electron chi connectivity index (χ3n) is 13.2. The molecule has 0 bridgehead atoms. The van der Waals surface area contributed by atoms with Crippen molar-refractivity contribution in [3.8, 4) is 0 Å². The van der Waals surface area contributed by atoms with E-state index >= 15 is 0 Å². The average molecular weight is 1120 g/mol. The van der Waals surface area contributed by atoms with E-state index in [-0.39, 0.29) is 31.1 Å². The van der Waals surface area contributed by atoms with E-state index in [0.29, 0.717) is 25.7 Å². The van der Waals surface area contributed by atoms with Crippen LogP contribution in [0.25, 0.3) is 0 Å². The molecule has 0 heterocycles. The molecule has 0 radical (unpaired) electrons. The molecular formula is C75H118O6. The highest BCUT2D eigenvalue weighted by Gasteiger charge is 2.19. The Morgan fingerprint density at radius 2 is 0.481 bits per heavy atom. The average Bonchev–Trinajstić information content (AvgIpc) is 3.47. The van der Waals surface area contributed by atoms with Crippen LogP contribution in [0.3, 0.4) is 0 Å². The van der Waals surface area contributed by atoms with E-state index in [4.69, 9.17) is 14.2 Å². The van der Waals surface area contributed by atoms with Gasteiger partial charge in [0.1, 0.15) is 13.2 Å². The van der Waals surface area contributed by atoms with Gasteiger partial charge in [-0.3, -0.25) is 14.4 Å². The van der Waals surface area contributed by atoms with E-state index in [1.807, 2.05) is 0 Å². The van der Waals surface area contributed by atoms with Crippen LogP contribution < -0.4 is 0 Å². The fourth-order valence-electron chi connectivity index (χ4n) is 8.40. The van der Waals surface area contributed by atoms with Crippen LogP contribution in [0.5, 0.6) is 0 Å². The molecule has 0 spiro atoms. The van der Waals surface area contributed by atoms with Gasteiger partial charge in [-0.25, -0.2) is 0 Å². The third-order valence-corrected chi connectivity index (χ3v) is 13.2. The van der Waals surface area contributed by atoms with E-state index < -0.39 is 6.10 Å². The Bertz CT molecular complexity index is 1860. The molecule has 0 saturated carbocycles. The molecular weight excluding hydrogens is 997 g/mol. The Balaban J connectivity index is 4.17. The van der Waals surface area contributed by atoms with Gasteiger partial charge >= 0.3 is 17.9 Å². The SMILES string of the molecule is CC/C=C\C/C=C\C/C=C\C/C=C\C/C=C\C/C=C\C/C=C\C/C=C\C/C=C\C/C=C\CCCCC(=O)OCC(COC(=O)CCCCCCC)OC(=O)CCCCCCCCCCCCCC/C=C\C/C=C\C/C=C\C/C=C\CC. The minimum atomic E-state index is -0.802. The summed E-state index contributed by atoms with van der Waals surface area (Å²) in [5, 5.41) is 0. The number of carbonyl (C=O) groups is 3. The van der Waals surface area contributed by atoms with Crippen LogP contribution in [0.4, 0.5) is 0 Å². The lowest BCUT2D eigenvalue weighted by atomic mass is 10.0. The standard InChI is InChI=1S/C75H118O6/c1-4-7-10-13-15-17-19-21-23-25-27-29-31-33-34-35-36-37-38-39-40-42-43-45-47-49-51-53-55-57-59-62-65-68-74(77)80-71-72(70-79-73(76)67-64-61-12-9-6-3)81-75(78)69-66-63-60-58-56-54-52-50-48-46-44-41-32-30-28-26-24-22-20-18-16-14-11-8-5-2/h7-8,10-11,15-18,21-24,27-30,33-34,36-37,39-40,43,45,49,51,55,57,72H,4-6,9,12-14,19-20,25-26,31-32,35,38,41-42,44,46-48,50,52-54,56,58-71H2,1-3H3/b10-7-,11-8-,17-15-,18-16-,23-21-,24-22-,29-27-,30-28-,34-33-,37-36-,40-39-,45-43-,51-49-,57-55-. The predicted molar refractivity (Wildman–Crippen MR) is 352 cm³/mol. The molecule has 0 rings (SSSR count). The van der Waals surface area contributed by atoms with Gasteiger partial charge in [-0.1, -0.05) is 281 Å². The van der Waals surface area contributed by atoms with E-state index in [1.165, 1.54) is 64.2 Å². The second-order valence-corrected chi connectivity index (χ2v) is 20.9. The second-order valence-electron chi connectivity index (χ2n) is 20.9. The van der Waals surface area contributed by atoms with E-state index in [0.717, 1.165) is 154 Å². The van der Waals surface area contributed by atoms with Gasteiger partial charge in [0, 0.05) is 19.3 Å². The van der Waals surface area contributed by atoms with Crippen molar-refractivity contribution in [2.45, 2.75) is 271 Å². The first-order valence-electron chi connectivity index (χ1n) is 32.6. The maximum absolute atomic E-state index is 12.8. The molecule has 0 aromatic rings. The zero-order valence-corrected chi connectivity index (χ0v) is 52.0. The molecule has 6 heteroatoms. The number of ether oxygens (including phenoxy) is 3. The highest BCUT2D eigenvalue weighted by Crippen LogP contribution is 2.15. The van der Waals surface area contributed by atoms with Crippen LogP contribution in [-0.2, 0) is 28.6 Å². The van der Waals surface area contributed by atoms with Crippen LogP contribution in [0.15, 0.2) is 170 Å². The molecule has 0 amide bonds. The Hall–Kier alpha value is -5.23. The van der Waals surface area contributed by atoms with Crippen LogP contribution in [-0.4, -0.2) is 37.2 Å². The van der Waals surface area contributed by atoms with Gasteiger partial charge in [-0.15, -0.1) is 0 Å². The van der Waals surface area contributed by atoms with Gasteiger partial charge in [-0.2, -0.15) is 0 Å². The monoisotopic (exact) mass is 1110 g/mol. The summed E-state index contributed by atoms with van der Waals surface area (Å²) < 4.78 is 16.7. The quantitative estimate of drug-likeness (QED) is 0.0261. The maximum atomic E-state index is 12.8. The summed E-state index contributed by atoms with van der Waals surface area (Å²) in [5.74, 6) is -0.966. The fraction of sp³-hybridized carbons (Fsp3) is 0.587. The van der Waals surface area contributed by atoms with E-state index in [2.05, 4.69) is 191 Å². The lowest BCUT2D eigenvalue weighted by Crippen LogP contribution is -2.30. The highest BCUT2D eigenvalue weighted by atomic mass is 16.6. The van der Waals surface area contributed by atoms with Crippen molar-refractivity contribution in [3.63, 3.8) is 0 Å². The van der Waals surface area contributed by atoms with Crippen molar-refractivity contribution >= 4 is 17.9 Å². The Morgan fingerprint density at radius 3 is 0.778 bits per heavy atom. The molecule has 0 saturated heterocycles. The molecule has 0 N–H and O–H groups in total. The topological polar surface area (TPSA) is 78.9 Å². The molecule has 0 aliphatic heterocycles. The molecule has 454 valence electrons. The molecule has 1 atom stereocenters. The van der Waals surface area contributed by atoms with Crippen LogP contribution in [0, 0.1) is 0 Å². The van der Waals surface area contributed by atoms with Crippen LogP contribution in [0.2, 0.25) is 0 Å². The van der Waals surface area contributed by atoms with E-state index in [9.17, 15) is 14.4 Å². The molecule has 0 aromatic carbocycles. The first-order chi connectivity index (χ1) is 40.0. The van der Waals surface area contributed by atoms with Gasteiger partial charge < -0.3 is 14.2 Å². The summed E-state index contributed by atoms with van der Waals surface area (Å²) in [6.45, 7) is 6.28. The minimum Gasteiger partial charge on any atom is -0.462 e. The summed E-state index contributed by atoms with van der Waals surface area (Å²) in [6, 6.07) is 0. The summed E-state index contributed by atoms with van der Waals surface area (Å²) in [6.07, 6.45) is 99.8. The number of hydrogen-bond acceptors (Lipinski definition) is 6. The second kappa shape index (κ2) is 67.3. The normalized spacial score (nSPS) is 13.3. The molecule has 81 heavy (non-hydrogen) atoms. The lowest BCUT2D eigenvalue weighted by Gasteiger charge is -2.18. The first-order valence-corrected chi connectivity index (χ1v) is 32.6. The van der Waals surface area contributed by atoms with Crippen molar-refractivity contribution in [2.24, 2.45) is 0 Å². The van der Waals surface area contributed by atoms with Gasteiger partial charge in [-0.05, 0) is 135 Å². The number of carbonyl (C=O) groups excluding carboxylic acids is 3. The molecule has 0 fully saturated rings. The van der Waals surface area contributed by atoms with Crippen LogP contribution in [0.1, 0.15) is 265 Å².